The summed E-state index contributed by atoms with van der Waals surface area (Å²) in [6.07, 6.45) is 18.2. The summed E-state index contributed by atoms with van der Waals surface area (Å²) in [6, 6.07) is 0. The van der Waals surface area contributed by atoms with Gasteiger partial charge in [0.2, 0.25) is 0 Å². The van der Waals surface area contributed by atoms with Crippen LogP contribution in [0.3, 0.4) is 0 Å². The van der Waals surface area contributed by atoms with E-state index in [1.165, 1.54) is 45.4 Å². The zero-order chi connectivity index (χ0) is 13.5. The minimum absolute atomic E-state index is 0.170. The van der Waals surface area contributed by atoms with E-state index in [2.05, 4.69) is 31.2 Å². The van der Waals surface area contributed by atoms with Gasteiger partial charge in [-0.05, 0) is 25.7 Å². The molecule has 0 N–H and O–H groups in total. The van der Waals surface area contributed by atoms with Crippen LogP contribution < -0.4 is 0 Å². The van der Waals surface area contributed by atoms with Gasteiger partial charge in [0.05, 0.1) is 6.61 Å². The van der Waals surface area contributed by atoms with E-state index in [0.29, 0.717) is 6.61 Å². The van der Waals surface area contributed by atoms with Crippen LogP contribution in [0.1, 0.15) is 65.2 Å². The molecule has 0 fully saturated rings. The van der Waals surface area contributed by atoms with E-state index in [1.807, 2.05) is 0 Å². The first kappa shape index (κ1) is 16.9. The second-order valence-electron chi connectivity index (χ2n) is 4.54. The van der Waals surface area contributed by atoms with Gasteiger partial charge in [0, 0.05) is 6.92 Å². The minimum atomic E-state index is -0.170. The molecule has 104 valence electrons. The molecule has 0 aromatic heterocycles. The van der Waals surface area contributed by atoms with Gasteiger partial charge in [-0.1, -0.05) is 56.9 Å². The summed E-state index contributed by atoms with van der Waals surface area (Å²) in [5, 5.41) is 0. The van der Waals surface area contributed by atoms with E-state index in [0.717, 1.165) is 12.8 Å². The fraction of sp³-hybridized carbons (Fsp3) is 0.688. The molecule has 0 radical (unpaired) electrons. The molecular weight excluding hydrogens is 224 g/mol. The highest BCUT2D eigenvalue weighted by Gasteiger charge is 1.93. The van der Waals surface area contributed by atoms with Crippen LogP contribution in [0.5, 0.6) is 0 Å². The number of allylic oxidation sites excluding steroid dienone is 4. The van der Waals surface area contributed by atoms with Crippen molar-refractivity contribution >= 4 is 5.97 Å². The Morgan fingerprint density at radius 3 is 2.22 bits per heavy atom. The monoisotopic (exact) mass is 252 g/mol. The molecule has 0 saturated carbocycles. The number of hydrogen-bond acceptors (Lipinski definition) is 2. The maximum absolute atomic E-state index is 10.5. The van der Waals surface area contributed by atoms with Gasteiger partial charge < -0.3 is 4.74 Å². The number of unbranched alkanes of at least 4 members (excludes halogenated alkanes) is 6. The maximum atomic E-state index is 10.5. The molecule has 0 aliphatic rings. The van der Waals surface area contributed by atoms with Crippen molar-refractivity contribution in [1.29, 1.82) is 0 Å². The zero-order valence-electron chi connectivity index (χ0n) is 12.0. The molecule has 0 aromatic rings. The number of esters is 1. The van der Waals surface area contributed by atoms with Crippen LogP contribution in [0.15, 0.2) is 24.3 Å². The van der Waals surface area contributed by atoms with Gasteiger partial charge in [0.15, 0.2) is 0 Å². The summed E-state index contributed by atoms with van der Waals surface area (Å²) in [6.45, 7) is 4.23. The second kappa shape index (κ2) is 14.0. The molecule has 0 heterocycles. The first-order valence-corrected chi connectivity index (χ1v) is 7.22. The highest BCUT2D eigenvalue weighted by atomic mass is 16.5. The van der Waals surface area contributed by atoms with Crippen LogP contribution in [0.25, 0.3) is 0 Å². The molecule has 0 rings (SSSR count). The quantitative estimate of drug-likeness (QED) is 0.300. The van der Waals surface area contributed by atoms with Crippen molar-refractivity contribution in [3.63, 3.8) is 0 Å². The summed E-state index contributed by atoms with van der Waals surface area (Å²) in [4.78, 5) is 10.5. The predicted octanol–water partition coefficient (Wildman–Crippen LogP) is 4.80. The van der Waals surface area contributed by atoms with Crippen molar-refractivity contribution in [3.8, 4) is 0 Å². The third-order valence-electron chi connectivity index (χ3n) is 2.66. The Labute approximate surface area is 112 Å². The number of carbonyl (C=O) groups excluding carboxylic acids is 1. The van der Waals surface area contributed by atoms with Gasteiger partial charge in [-0.2, -0.15) is 0 Å². The molecule has 0 saturated heterocycles. The van der Waals surface area contributed by atoms with E-state index < -0.39 is 0 Å². The van der Waals surface area contributed by atoms with Crippen molar-refractivity contribution in [1.82, 2.24) is 0 Å². The third kappa shape index (κ3) is 14.9. The van der Waals surface area contributed by atoms with Crippen molar-refractivity contribution in [2.75, 3.05) is 6.61 Å². The lowest BCUT2D eigenvalue weighted by atomic mass is 10.1. The van der Waals surface area contributed by atoms with Gasteiger partial charge in [0.1, 0.15) is 0 Å². The van der Waals surface area contributed by atoms with Crippen LogP contribution in [-0.2, 0) is 9.53 Å². The van der Waals surface area contributed by atoms with E-state index in [1.54, 1.807) is 0 Å². The molecule has 0 amide bonds. The lowest BCUT2D eigenvalue weighted by Gasteiger charge is -2.01. The summed E-state index contributed by atoms with van der Waals surface area (Å²) in [5.74, 6) is -0.170. The van der Waals surface area contributed by atoms with Crippen molar-refractivity contribution in [2.45, 2.75) is 65.2 Å². The van der Waals surface area contributed by atoms with Gasteiger partial charge in [-0.3, -0.25) is 4.79 Å². The lowest BCUT2D eigenvalue weighted by molar-refractivity contribution is -0.141. The predicted molar refractivity (Wildman–Crippen MR) is 77.5 cm³/mol. The second-order valence-corrected chi connectivity index (χ2v) is 4.54. The fourth-order valence-electron chi connectivity index (χ4n) is 1.63. The normalized spacial score (nSPS) is 11.4. The Kier molecular flexibility index (Phi) is 13.2. The molecule has 0 aliphatic heterocycles. The van der Waals surface area contributed by atoms with Crippen LogP contribution in [0.2, 0.25) is 0 Å². The Hall–Kier alpha value is -1.05. The minimum Gasteiger partial charge on any atom is -0.466 e. The lowest BCUT2D eigenvalue weighted by Crippen LogP contribution is -1.99. The molecule has 2 nitrogen and oxygen atoms in total. The van der Waals surface area contributed by atoms with Gasteiger partial charge in [-0.15, -0.1) is 0 Å². The Balaban J connectivity index is 3.13. The van der Waals surface area contributed by atoms with Crippen LogP contribution >= 0.6 is 0 Å². The average molecular weight is 252 g/mol. The molecule has 0 bridgehead atoms. The van der Waals surface area contributed by atoms with E-state index >= 15 is 0 Å². The third-order valence-corrected chi connectivity index (χ3v) is 2.66. The van der Waals surface area contributed by atoms with E-state index in [-0.39, 0.29) is 5.97 Å². The number of carbonyl (C=O) groups is 1. The standard InChI is InChI=1S/C16H28O2/c1-3-4-5-6-7-8-9-10-11-12-13-14-15-18-16(2)17/h5-8H,3-4,9-15H2,1-2H3/b6-5-,8-7?. The van der Waals surface area contributed by atoms with E-state index in [9.17, 15) is 4.79 Å². The Morgan fingerprint density at radius 1 is 0.944 bits per heavy atom. The molecule has 0 aromatic carbocycles. The number of ether oxygens (including phenoxy) is 1. The Bertz CT molecular complexity index is 241. The molecular formula is C16H28O2. The first-order valence-electron chi connectivity index (χ1n) is 7.22. The van der Waals surface area contributed by atoms with Crippen molar-refractivity contribution < 1.29 is 9.53 Å². The highest BCUT2D eigenvalue weighted by Crippen LogP contribution is 2.06. The first-order chi connectivity index (χ1) is 8.77. The average Bonchev–Trinajstić information content (AvgIpc) is 2.34. The van der Waals surface area contributed by atoms with Crippen molar-refractivity contribution in [3.05, 3.63) is 24.3 Å². The summed E-state index contributed by atoms with van der Waals surface area (Å²) < 4.78 is 4.88. The zero-order valence-corrected chi connectivity index (χ0v) is 12.0. The largest absolute Gasteiger partial charge is 0.466 e. The number of hydrogen-bond donors (Lipinski definition) is 0. The smallest absolute Gasteiger partial charge is 0.302 e. The van der Waals surface area contributed by atoms with E-state index in [4.69, 9.17) is 4.74 Å². The molecule has 2 heteroatoms. The van der Waals surface area contributed by atoms with Crippen LogP contribution in [0.4, 0.5) is 0 Å². The SMILES string of the molecule is CCC/C=C\C=CCCCCCCCOC(C)=O. The van der Waals surface area contributed by atoms with Gasteiger partial charge in [-0.25, -0.2) is 0 Å². The molecule has 0 aliphatic carbocycles. The summed E-state index contributed by atoms with van der Waals surface area (Å²) >= 11 is 0. The molecule has 0 unspecified atom stereocenters. The number of rotatable bonds is 11. The van der Waals surface area contributed by atoms with Crippen LogP contribution in [0, 0.1) is 0 Å². The van der Waals surface area contributed by atoms with Crippen molar-refractivity contribution in [2.24, 2.45) is 0 Å². The highest BCUT2D eigenvalue weighted by molar-refractivity contribution is 5.65. The summed E-state index contributed by atoms with van der Waals surface area (Å²) in [7, 11) is 0. The topological polar surface area (TPSA) is 26.3 Å². The Morgan fingerprint density at radius 2 is 1.56 bits per heavy atom. The maximum Gasteiger partial charge on any atom is 0.302 e. The molecule has 0 spiro atoms. The fourth-order valence-corrected chi connectivity index (χ4v) is 1.63. The molecule has 18 heavy (non-hydrogen) atoms. The summed E-state index contributed by atoms with van der Waals surface area (Å²) in [5.41, 5.74) is 0. The van der Waals surface area contributed by atoms with Gasteiger partial charge in [0.25, 0.3) is 0 Å². The van der Waals surface area contributed by atoms with Gasteiger partial charge >= 0.3 is 5.97 Å². The van der Waals surface area contributed by atoms with Crippen LogP contribution in [-0.4, -0.2) is 12.6 Å². The molecule has 0 atom stereocenters.